The summed E-state index contributed by atoms with van der Waals surface area (Å²) in [7, 11) is 0. The number of carbonyl (C=O) groups excluding carboxylic acids is 3. The Morgan fingerprint density at radius 3 is 2.15 bits per heavy atom. The Balaban J connectivity index is 1.57. The van der Waals surface area contributed by atoms with Crippen molar-refractivity contribution in [2.24, 2.45) is 5.10 Å². The number of benzene rings is 3. The van der Waals surface area contributed by atoms with E-state index in [1.165, 1.54) is 54.6 Å². The van der Waals surface area contributed by atoms with E-state index in [2.05, 4.69) is 15.8 Å². The van der Waals surface area contributed by atoms with Gasteiger partial charge in [-0.3, -0.25) is 19.7 Å². The minimum atomic E-state index is -1.09. The second kappa shape index (κ2) is 10.6. The highest BCUT2D eigenvalue weighted by molar-refractivity contribution is 6.39. The highest BCUT2D eigenvalue weighted by Gasteiger charge is 2.15. The molecule has 0 unspecified atom stereocenters. The molecule has 0 atom stereocenters. The van der Waals surface area contributed by atoms with Gasteiger partial charge in [0, 0.05) is 12.1 Å². The standard InChI is InChI=1S/C23H17FN4O6/c1-14(26-27-22(30)21(29)25-20-5-3-2-4-19(20)24)15-8-12-18(13-9-15)34-23(31)16-6-10-17(11-7-16)28(32)33/h2-13H,1H3,(H,25,29)(H,27,30)/b26-14+. The number of rotatable bonds is 6. The number of anilines is 1. The third-order valence-corrected chi connectivity index (χ3v) is 4.45. The maximum absolute atomic E-state index is 13.6. The molecule has 0 saturated carbocycles. The summed E-state index contributed by atoms with van der Waals surface area (Å²) in [5.41, 5.74) is 2.85. The molecule has 2 amide bonds. The van der Waals surface area contributed by atoms with Crippen LogP contribution >= 0.6 is 0 Å². The first-order valence-electron chi connectivity index (χ1n) is 9.72. The summed E-state index contributed by atoms with van der Waals surface area (Å²) in [6.07, 6.45) is 0. The molecule has 11 heteroatoms. The number of para-hydroxylation sites is 1. The number of amides is 2. The van der Waals surface area contributed by atoms with Crippen LogP contribution in [0.5, 0.6) is 5.75 Å². The molecule has 0 spiro atoms. The topological polar surface area (TPSA) is 140 Å². The number of non-ortho nitro benzene ring substituents is 1. The minimum absolute atomic E-state index is 0.137. The number of halogens is 1. The number of nitro groups is 1. The number of hydrogen-bond acceptors (Lipinski definition) is 7. The molecule has 0 radical (unpaired) electrons. The van der Waals surface area contributed by atoms with Gasteiger partial charge in [-0.2, -0.15) is 5.10 Å². The maximum Gasteiger partial charge on any atom is 0.343 e. The molecule has 0 aliphatic rings. The zero-order valence-electron chi connectivity index (χ0n) is 17.7. The molecule has 0 aliphatic carbocycles. The predicted octanol–water partition coefficient (Wildman–Crippen LogP) is 3.43. The van der Waals surface area contributed by atoms with Crippen LogP contribution in [0, 0.1) is 15.9 Å². The summed E-state index contributed by atoms with van der Waals surface area (Å²) in [5, 5.41) is 16.7. The number of ether oxygens (including phenoxy) is 1. The Labute approximate surface area is 192 Å². The minimum Gasteiger partial charge on any atom is -0.423 e. The Bertz CT molecular complexity index is 1270. The summed E-state index contributed by atoms with van der Waals surface area (Å²) in [4.78, 5) is 46.1. The van der Waals surface area contributed by atoms with Crippen LogP contribution in [0.15, 0.2) is 77.9 Å². The number of hydrogen-bond donors (Lipinski definition) is 2. The summed E-state index contributed by atoms with van der Waals surface area (Å²) in [6.45, 7) is 1.58. The van der Waals surface area contributed by atoms with Gasteiger partial charge in [-0.1, -0.05) is 12.1 Å². The van der Waals surface area contributed by atoms with E-state index in [1.807, 2.05) is 0 Å². The van der Waals surface area contributed by atoms with Gasteiger partial charge in [-0.05, 0) is 61.0 Å². The fraction of sp³-hybridized carbons (Fsp3) is 0.0435. The molecule has 0 saturated heterocycles. The number of carbonyl (C=O) groups is 3. The Kier molecular flexibility index (Phi) is 7.39. The van der Waals surface area contributed by atoms with Crippen LogP contribution in [0.2, 0.25) is 0 Å². The number of nitrogens with one attached hydrogen (secondary N) is 2. The first-order valence-corrected chi connectivity index (χ1v) is 9.72. The molecule has 3 aromatic rings. The molecule has 0 heterocycles. The van der Waals surface area contributed by atoms with Crippen molar-refractivity contribution >= 4 is 34.9 Å². The number of hydrazone groups is 1. The fourth-order valence-corrected chi connectivity index (χ4v) is 2.64. The van der Waals surface area contributed by atoms with Gasteiger partial charge in [0.2, 0.25) is 0 Å². The average molecular weight is 464 g/mol. The van der Waals surface area contributed by atoms with Gasteiger partial charge in [0.25, 0.3) is 5.69 Å². The lowest BCUT2D eigenvalue weighted by Gasteiger charge is -2.07. The van der Waals surface area contributed by atoms with Crippen molar-refractivity contribution in [1.29, 1.82) is 0 Å². The van der Waals surface area contributed by atoms with Gasteiger partial charge in [0.15, 0.2) is 0 Å². The molecule has 0 aromatic heterocycles. The zero-order valence-corrected chi connectivity index (χ0v) is 17.7. The summed E-state index contributed by atoms with van der Waals surface area (Å²) < 4.78 is 18.8. The van der Waals surface area contributed by atoms with Crippen molar-refractivity contribution in [2.75, 3.05) is 5.32 Å². The molecule has 3 aromatic carbocycles. The molecule has 10 nitrogen and oxygen atoms in total. The molecular formula is C23H17FN4O6. The number of nitrogens with zero attached hydrogens (tertiary/aromatic N) is 2. The monoisotopic (exact) mass is 464 g/mol. The SMILES string of the molecule is C/C(=N\NC(=O)C(=O)Nc1ccccc1F)c1ccc(OC(=O)c2ccc([N+](=O)[O-])cc2)cc1. The lowest BCUT2D eigenvalue weighted by Crippen LogP contribution is -2.33. The zero-order chi connectivity index (χ0) is 24.7. The Morgan fingerprint density at radius 1 is 0.912 bits per heavy atom. The van der Waals surface area contributed by atoms with Crippen LogP contribution in [-0.2, 0) is 9.59 Å². The van der Waals surface area contributed by atoms with E-state index >= 15 is 0 Å². The van der Waals surface area contributed by atoms with Gasteiger partial charge in [0.05, 0.1) is 21.9 Å². The summed E-state index contributed by atoms with van der Waals surface area (Å²) in [5.74, 6) is -3.33. The third-order valence-electron chi connectivity index (χ3n) is 4.45. The number of nitro benzene ring substituents is 1. The lowest BCUT2D eigenvalue weighted by molar-refractivity contribution is -0.384. The van der Waals surface area contributed by atoms with E-state index in [0.29, 0.717) is 11.3 Å². The van der Waals surface area contributed by atoms with E-state index in [0.717, 1.165) is 6.07 Å². The van der Waals surface area contributed by atoms with Gasteiger partial charge >= 0.3 is 17.8 Å². The van der Waals surface area contributed by atoms with Crippen LogP contribution in [0.25, 0.3) is 0 Å². The summed E-state index contributed by atoms with van der Waals surface area (Å²) >= 11 is 0. The molecule has 0 bridgehead atoms. The second-order valence-electron chi connectivity index (χ2n) is 6.79. The van der Waals surface area contributed by atoms with Gasteiger partial charge in [0.1, 0.15) is 11.6 Å². The highest BCUT2D eigenvalue weighted by Crippen LogP contribution is 2.17. The Hall–Kier alpha value is -4.93. The highest BCUT2D eigenvalue weighted by atomic mass is 19.1. The van der Waals surface area contributed by atoms with E-state index in [-0.39, 0.29) is 22.7 Å². The Morgan fingerprint density at radius 2 is 1.53 bits per heavy atom. The summed E-state index contributed by atoms with van der Waals surface area (Å²) in [6, 6.07) is 16.5. The van der Waals surface area contributed by atoms with E-state index < -0.39 is 28.5 Å². The van der Waals surface area contributed by atoms with Crippen molar-refractivity contribution in [3.8, 4) is 5.75 Å². The first kappa shape index (κ1) is 23.7. The third kappa shape index (κ3) is 6.07. The quantitative estimate of drug-likeness (QED) is 0.143. The van der Waals surface area contributed by atoms with Crippen LogP contribution < -0.4 is 15.5 Å². The van der Waals surface area contributed by atoms with Crippen LogP contribution in [0.3, 0.4) is 0 Å². The molecular weight excluding hydrogens is 447 g/mol. The van der Waals surface area contributed by atoms with E-state index in [9.17, 15) is 28.9 Å². The molecule has 2 N–H and O–H groups in total. The van der Waals surface area contributed by atoms with Crippen LogP contribution in [0.4, 0.5) is 15.8 Å². The average Bonchev–Trinajstić information content (AvgIpc) is 2.84. The normalized spacial score (nSPS) is 10.8. The molecule has 0 aliphatic heterocycles. The molecule has 34 heavy (non-hydrogen) atoms. The largest absolute Gasteiger partial charge is 0.423 e. The number of esters is 1. The first-order chi connectivity index (χ1) is 16.2. The predicted molar refractivity (Wildman–Crippen MR) is 120 cm³/mol. The maximum atomic E-state index is 13.6. The van der Waals surface area contributed by atoms with E-state index in [4.69, 9.17) is 4.74 Å². The van der Waals surface area contributed by atoms with Gasteiger partial charge in [-0.15, -0.1) is 0 Å². The smallest absolute Gasteiger partial charge is 0.343 e. The second-order valence-corrected chi connectivity index (χ2v) is 6.79. The lowest BCUT2D eigenvalue weighted by atomic mass is 10.1. The molecule has 0 fully saturated rings. The van der Waals surface area contributed by atoms with Gasteiger partial charge in [-0.25, -0.2) is 14.6 Å². The van der Waals surface area contributed by atoms with Crippen molar-refractivity contribution in [3.63, 3.8) is 0 Å². The van der Waals surface area contributed by atoms with Crippen molar-refractivity contribution < 1.29 is 28.4 Å². The van der Waals surface area contributed by atoms with Gasteiger partial charge < -0.3 is 10.1 Å². The van der Waals surface area contributed by atoms with Crippen LogP contribution in [-0.4, -0.2) is 28.4 Å². The van der Waals surface area contributed by atoms with Crippen molar-refractivity contribution in [3.05, 3.63) is 99.9 Å². The van der Waals surface area contributed by atoms with Crippen LogP contribution in [0.1, 0.15) is 22.8 Å². The fourth-order valence-electron chi connectivity index (χ4n) is 2.64. The molecule has 3 rings (SSSR count). The van der Waals surface area contributed by atoms with Crippen molar-refractivity contribution in [2.45, 2.75) is 6.92 Å². The van der Waals surface area contributed by atoms with E-state index in [1.54, 1.807) is 19.1 Å². The molecule has 172 valence electrons. The van der Waals surface area contributed by atoms with Crippen molar-refractivity contribution in [1.82, 2.24) is 5.43 Å².